The molecule has 0 saturated heterocycles. The molecule has 0 saturated carbocycles. The van der Waals surface area contributed by atoms with E-state index in [-0.39, 0.29) is 0 Å². The smallest absolute Gasteiger partial charge is 0.0361 e. The molecule has 1 heterocycles. The third-order valence-corrected chi connectivity index (χ3v) is 10.5. The minimum absolute atomic E-state index is 1.27. The zero-order chi connectivity index (χ0) is 28.1. The monoisotopic (exact) mass is 560 g/mol. The van der Waals surface area contributed by atoms with Gasteiger partial charge in [0.15, 0.2) is 0 Å². The van der Waals surface area contributed by atoms with E-state index in [2.05, 4.69) is 146 Å². The topological polar surface area (TPSA) is 0 Å². The van der Waals surface area contributed by atoms with Crippen LogP contribution in [-0.4, -0.2) is 0 Å². The third-order valence-electron chi connectivity index (χ3n) is 9.41. The molecule has 1 aliphatic carbocycles. The van der Waals surface area contributed by atoms with Gasteiger partial charge in [-0.05, 0) is 95.0 Å². The van der Waals surface area contributed by atoms with Gasteiger partial charge in [-0.25, -0.2) is 0 Å². The van der Waals surface area contributed by atoms with Gasteiger partial charge in [0.1, 0.15) is 0 Å². The molecule has 0 N–H and O–H groups in total. The van der Waals surface area contributed by atoms with Crippen molar-refractivity contribution in [1.29, 1.82) is 0 Å². The first kappa shape index (κ1) is 23.3. The zero-order valence-corrected chi connectivity index (χ0v) is 24.1. The fourth-order valence-corrected chi connectivity index (χ4v) is 8.65. The van der Waals surface area contributed by atoms with Crippen LogP contribution in [0.25, 0.3) is 97.0 Å². The molecule has 0 fully saturated rings. The maximum absolute atomic E-state index is 2.40. The molecule has 1 aromatic heterocycles. The van der Waals surface area contributed by atoms with Crippen molar-refractivity contribution >= 4 is 63.8 Å². The molecule has 0 aliphatic heterocycles. The van der Waals surface area contributed by atoms with Crippen molar-refractivity contribution in [3.8, 4) is 44.5 Å². The van der Waals surface area contributed by atoms with E-state index in [1.807, 2.05) is 11.3 Å². The lowest BCUT2D eigenvalue weighted by atomic mass is 9.92. The number of fused-ring (bicyclic) bond motifs is 9. The van der Waals surface area contributed by atoms with E-state index in [0.29, 0.717) is 0 Å². The van der Waals surface area contributed by atoms with E-state index >= 15 is 0 Å². The molecule has 0 bridgehead atoms. The van der Waals surface area contributed by atoms with Crippen molar-refractivity contribution in [1.82, 2.24) is 0 Å². The van der Waals surface area contributed by atoms with E-state index < -0.39 is 0 Å². The molecule has 0 unspecified atom stereocenters. The molecule has 9 aromatic rings. The van der Waals surface area contributed by atoms with Gasteiger partial charge >= 0.3 is 0 Å². The Morgan fingerprint density at radius 1 is 0.302 bits per heavy atom. The molecule has 0 nitrogen and oxygen atoms in total. The van der Waals surface area contributed by atoms with Crippen molar-refractivity contribution in [3.05, 3.63) is 146 Å². The predicted octanol–water partition coefficient (Wildman–Crippen LogP) is 12.5. The van der Waals surface area contributed by atoms with Gasteiger partial charge in [-0.1, -0.05) is 127 Å². The summed E-state index contributed by atoms with van der Waals surface area (Å²) in [7, 11) is 0. The lowest BCUT2D eigenvalue weighted by Crippen LogP contribution is -1.84. The first-order valence-corrected chi connectivity index (χ1v) is 15.7. The molecule has 10 rings (SSSR count). The van der Waals surface area contributed by atoms with Gasteiger partial charge in [0, 0.05) is 20.2 Å². The summed E-state index contributed by atoms with van der Waals surface area (Å²) >= 11 is 1.90. The Morgan fingerprint density at radius 3 is 1.63 bits per heavy atom. The summed E-state index contributed by atoms with van der Waals surface area (Å²) in [6.45, 7) is 0. The fourth-order valence-electron chi connectivity index (χ4n) is 7.47. The van der Waals surface area contributed by atoms with Crippen LogP contribution in [-0.2, 0) is 0 Å². The van der Waals surface area contributed by atoms with Crippen LogP contribution in [0.5, 0.6) is 0 Å². The highest BCUT2D eigenvalue weighted by Crippen LogP contribution is 2.49. The summed E-state index contributed by atoms with van der Waals surface area (Å²) in [5, 5.41) is 10.6. The normalized spacial score (nSPS) is 12.2. The summed E-state index contributed by atoms with van der Waals surface area (Å²) in [6.07, 6.45) is 0. The van der Waals surface area contributed by atoms with Crippen molar-refractivity contribution in [2.45, 2.75) is 0 Å². The van der Waals surface area contributed by atoms with Crippen LogP contribution in [0.1, 0.15) is 0 Å². The summed E-state index contributed by atoms with van der Waals surface area (Å²) in [5.41, 5.74) is 10.5. The van der Waals surface area contributed by atoms with E-state index in [1.54, 1.807) is 0 Å². The quantitative estimate of drug-likeness (QED) is 0.184. The van der Waals surface area contributed by atoms with E-state index in [4.69, 9.17) is 0 Å². The molecule has 0 atom stereocenters. The Bertz CT molecular complexity index is 2590. The van der Waals surface area contributed by atoms with Crippen molar-refractivity contribution in [2.24, 2.45) is 0 Å². The van der Waals surface area contributed by atoms with Gasteiger partial charge in [-0.15, -0.1) is 11.3 Å². The minimum Gasteiger partial charge on any atom is -0.135 e. The first-order chi connectivity index (χ1) is 21.3. The van der Waals surface area contributed by atoms with Crippen LogP contribution in [0.2, 0.25) is 0 Å². The highest BCUT2D eigenvalue weighted by molar-refractivity contribution is 7.25. The highest BCUT2D eigenvalue weighted by Gasteiger charge is 2.22. The molecule has 1 aliphatic rings. The average molecular weight is 561 g/mol. The molecule has 1 heteroatoms. The molecule has 0 amide bonds. The van der Waals surface area contributed by atoms with Gasteiger partial charge in [-0.2, -0.15) is 0 Å². The summed E-state index contributed by atoms with van der Waals surface area (Å²) in [4.78, 5) is 0. The van der Waals surface area contributed by atoms with Gasteiger partial charge in [0.2, 0.25) is 0 Å². The maximum Gasteiger partial charge on any atom is 0.0361 e. The van der Waals surface area contributed by atoms with Gasteiger partial charge in [0.05, 0.1) is 0 Å². The SMILES string of the molecule is c1ccc2c(c1)-c1cccc3c(-c4ccc5c(c4)sc4cc(-c6cc7ccccc7c7ccccc67)ccc45)ccc-2c13. The van der Waals surface area contributed by atoms with Crippen LogP contribution in [0.4, 0.5) is 0 Å². The average Bonchev–Trinajstić information content (AvgIpc) is 3.60. The predicted molar refractivity (Wildman–Crippen MR) is 187 cm³/mol. The van der Waals surface area contributed by atoms with Crippen LogP contribution in [0.3, 0.4) is 0 Å². The van der Waals surface area contributed by atoms with Crippen molar-refractivity contribution < 1.29 is 0 Å². The number of hydrogen-bond donors (Lipinski definition) is 0. The molecule has 0 spiro atoms. The molecule has 43 heavy (non-hydrogen) atoms. The zero-order valence-electron chi connectivity index (χ0n) is 23.3. The second-order valence-corrected chi connectivity index (χ2v) is 12.7. The van der Waals surface area contributed by atoms with Gasteiger partial charge in [0.25, 0.3) is 0 Å². The van der Waals surface area contributed by atoms with Gasteiger partial charge < -0.3 is 0 Å². The van der Waals surface area contributed by atoms with E-state index in [9.17, 15) is 0 Å². The molecule has 8 aromatic carbocycles. The lowest BCUT2D eigenvalue weighted by Gasteiger charge is -2.11. The maximum atomic E-state index is 2.40. The molecule has 198 valence electrons. The third kappa shape index (κ3) is 3.26. The first-order valence-electron chi connectivity index (χ1n) is 14.8. The van der Waals surface area contributed by atoms with E-state index in [0.717, 1.165) is 0 Å². The molecule has 0 radical (unpaired) electrons. The van der Waals surface area contributed by atoms with Crippen molar-refractivity contribution in [3.63, 3.8) is 0 Å². The summed E-state index contributed by atoms with van der Waals surface area (Å²) in [5.74, 6) is 0. The number of benzene rings is 8. The summed E-state index contributed by atoms with van der Waals surface area (Å²) in [6, 6.07) is 54.2. The fraction of sp³-hybridized carbons (Fsp3) is 0. The molecular formula is C42H24S. The Labute approximate surface area is 253 Å². The Kier molecular flexibility index (Phi) is 4.69. The Morgan fingerprint density at radius 2 is 0.860 bits per heavy atom. The number of thiophene rings is 1. The highest BCUT2D eigenvalue weighted by atomic mass is 32.1. The summed E-state index contributed by atoms with van der Waals surface area (Å²) < 4.78 is 2.66. The standard InChI is InChI=1S/C42H24S/c1-2-9-28-25(8-1)22-39(33-13-6-3-10-30(28)33)27-17-19-35-34-18-16-26(23-40(34)43-41(35)24-27)29-20-21-38-32-12-5-4-11-31(32)37-15-7-14-36(29)42(37)38/h1-24H. The second-order valence-electron chi connectivity index (χ2n) is 11.6. The minimum atomic E-state index is 1.27. The largest absolute Gasteiger partial charge is 0.135 e. The Hall–Kier alpha value is -5.24. The van der Waals surface area contributed by atoms with Crippen LogP contribution in [0, 0.1) is 0 Å². The van der Waals surface area contributed by atoms with E-state index in [1.165, 1.54) is 97.0 Å². The van der Waals surface area contributed by atoms with Crippen molar-refractivity contribution in [2.75, 3.05) is 0 Å². The van der Waals surface area contributed by atoms with Crippen LogP contribution in [0.15, 0.2) is 146 Å². The second kappa shape index (κ2) is 8.64. The number of hydrogen-bond acceptors (Lipinski definition) is 1. The Balaban J connectivity index is 1.14. The lowest BCUT2D eigenvalue weighted by molar-refractivity contribution is 1.69. The van der Waals surface area contributed by atoms with Gasteiger partial charge in [-0.3, -0.25) is 0 Å². The van der Waals surface area contributed by atoms with Crippen LogP contribution >= 0.6 is 11.3 Å². The molecular weight excluding hydrogens is 537 g/mol. The van der Waals surface area contributed by atoms with Crippen LogP contribution < -0.4 is 0 Å². The number of rotatable bonds is 2.